The third kappa shape index (κ3) is 4.19. The van der Waals surface area contributed by atoms with Gasteiger partial charge in [0.25, 0.3) is 0 Å². The summed E-state index contributed by atoms with van der Waals surface area (Å²) in [5.41, 5.74) is 4.21. The second-order valence-electron chi connectivity index (χ2n) is 7.38. The van der Waals surface area contributed by atoms with Gasteiger partial charge in [-0.3, -0.25) is 4.79 Å². The van der Waals surface area contributed by atoms with Crippen LogP contribution in [0.1, 0.15) is 17.5 Å². The SMILES string of the molecule is Cc1cccc(C)c1NC(=O)CCN(C)c1ncnc2sc(-c3ccccc3)cc12. The minimum Gasteiger partial charge on any atom is -0.359 e. The number of rotatable bonds is 6. The highest BCUT2D eigenvalue weighted by Gasteiger charge is 2.15. The highest BCUT2D eigenvalue weighted by Crippen LogP contribution is 2.35. The van der Waals surface area contributed by atoms with E-state index in [0.717, 1.165) is 37.7 Å². The van der Waals surface area contributed by atoms with E-state index in [1.165, 1.54) is 5.56 Å². The van der Waals surface area contributed by atoms with Crippen molar-refractivity contribution in [3.05, 3.63) is 72.1 Å². The fourth-order valence-electron chi connectivity index (χ4n) is 3.48. The number of fused-ring (bicyclic) bond motifs is 1. The van der Waals surface area contributed by atoms with E-state index in [1.54, 1.807) is 17.7 Å². The molecule has 0 aliphatic carbocycles. The van der Waals surface area contributed by atoms with E-state index < -0.39 is 0 Å². The third-order valence-corrected chi connectivity index (χ3v) is 6.24. The van der Waals surface area contributed by atoms with E-state index in [4.69, 9.17) is 0 Å². The molecule has 4 rings (SSSR count). The number of carbonyl (C=O) groups is 1. The molecule has 0 bridgehead atoms. The lowest BCUT2D eigenvalue weighted by molar-refractivity contribution is -0.116. The van der Waals surface area contributed by atoms with Crippen LogP contribution in [-0.2, 0) is 4.79 Å². The van der Waals surface area contributed by atoms with Crippen LogP contribution in [0.2, 0.25) is 0 Å². The summed E-state index contributed by atoms with van der Waals surface area (Å²) in [6, 6.07) is 18.4. The van der Waals surface area contributed by atoms with Crippen molar-refractivity contribution in [1.82, 2.24) is 9.97 Å². The Labute approximate surface area is 180 Å². The molecule has 4 aromatic rings. The lowest BCUT2D eigenvalue weighted by Crippen LogP contribution is -2.25. The number of benzene rings is 2. The Hall–Kier alpha value is -3.25. The van der Waals surface area contributed by atoms with E-state index in [-0.39, 0.29) is 5.91 Å². The number of carbonyl (C=O) groups excluding carboxylic acids is 1. The maximum Gasteiger partial charge on any atom is 0.226 e. The van der Waals surface area contributed by atoms with Crippen molar-refractivity contribution in [3.8, 4) is 10.4 Å². The zero-order valence-electron chi connectivity index (χ0n) is 17.3. The summed E-state index contributed by atoms with van der Waals surface area (Å²) < 4.78 is 0. The Morgan fingerprint density at radius 3 is 2.50 bits per heavy atom. The van der Waals surface area contributed by atoms with Crippen molar-refractivity contribution in [3.63, 3.8) is 0 Å². The summed E-state index contributed by atoms with van der Waals surface area (Å²) in [5, 5.41) is 4.06. The van der Waals surface area contributed by atoms with Crippen molar-refractivity contribution in [1.29, 1.82) is 0 Å². The molecule has 1 N–H and O–H groups in total. The zero-order chi connectivity index (χ0) is 21.1. The molecule has 2 aromatic carbocycles. The number of anilines is 2. The minimum atomic E-state index is -0.000145. The van der Waals surface area contributed by atoms with Gasteiger partial charge < -0.3 is 10.2 Å². The maximum absolute atomic E-state index is 12.5. The molecule has 0 spiro atoms. The van der Waals surface area contributed by atoms with Gasteiger partial charge in [0, 0.05) is 30.6 Å². The van der Waals surface area contributed by atoms with Crippen molar-refractivity contribution < 1.29 is 4.79 Å². The molecule has 0 radical (unpaired) electrons. The fraction of sp³-hybridized carbons (Fsp3) is 0.208. The van der Waals surface area contributed by atoms with Crippen molar-refractivity contribution in [2.45, 2.75) is 20.3 Å². The lowest BCUT2D eigenvalue weighted by atomic mass is 10.1. The van der Waals surface area contributed by atoms with Gasteiger partial charge in [0.05, 0.1) is 5.39 Å². The van der Waals surface area contributed by atoms with Crippen LogP contribution in [0.4, 0.5) is 11.5 Å². The topological polar surface area (TPSA) is 58.1 Å². The Balaban J connectivity index is 1.49. The van der Waals surface area contributed by atoms with E-state index in [9.17, 15) is 4.79 Å². The molecule has 0 saturated carbocycles. The molecule has 0 unspecified atom stereocenters. The summed E-state index contributed by atoms with van der Waals surface area (Å²) in [6.07, 6.45) is 1.97. The number of aromatic nitrogens is 2. The molecule has 2 aromatic heterocycles. The number of para-hydroxylation sites is 1. The number of aryl methyl sites for hydroxylation is 2. The third-order valence-electron chi connectivity index (χ3n) is 5.15. The van der Waals surface area contributed by atoms with Crippen LogP contribution in [0.3, 0.4) is 0 Å². The molecule has 152 valence electrons. The molecule has 1 amide bonds. The van der Waals surface area contributed by atoms with Gasteiger partial charge in [-0.2, -0.15) is 0 Å². The number of nitrogens with one attached hydrogen (secondary N) is 1. The molecular formula is C24H24N4OS. The van der Waals surface area contributed by atoms with E-state index in [2.05, 4.69) is 33.5 Å². The summed E-state index contributed by atoms with van der Waals surface area (Å²) in [5.74, 6) is 0.846. The van der Waals surface area contributed by atoms with Crippen LogP contribution in [0.25, 0.3) is 20.7 Å². The van der Waals surface area contributed by atoms with Crippen LogP contribution in [0.15, 0.2) is 60.9 Å². The second-order valence-corrected chi connectivity index (χ2v) is 8.41. The van der Waals surface area contributed by atoms with Gasteiger partial charge >= 0.3 is 0 Å². The number of hydrogen-bond acceptors (Lipinski definition) is 5. The molecule has 6 heteroatoms. The molecule has 5 nitrogen and oxygen atoms in total. The largest absolute Gasteiger partial charge is 0.359 e. The van der Waals surface area contributed by atoms with Gasteiger partial charge in [-0.15, -0.1) is 11.3 Å². The van der Waals surface area contributed by atoms with Crippen LogP contribution in [-0.4, -0.2) is 29.5 Å². The normalized spacial score (nSPS) is 10.9. The summed E-state index contributed by atoms with van der Waals surface area (Å²) >= 11 is 1.65. The quantitative estimate of drug-likeness (QED) is 0.455. The van der Waals surface area contributed by atoms with Gasteiger partial charge in [-0.1, -0.05) is 48.5 Å². The first kappa shape index (κ1) is 20.0. The first-order valence-electron chi connectivity index (χ1n) is 9.90. The molecule has 0 saturated heterocycles. The molecule has 0 atom stereocenters. The smallest absolute Gasteiger partial charge is 0.226 e. The van der Waals surface area contributed by atoms with Gasteiger partial charge in [-0.25, -0.2) is 9.97 Å². The number of thiophene rings is 1. The Bertz CT molecular complexity index is 1170. The van der Waals surface area contributed by atoms with Crippen LogP contribution >= 0.6 is 11.3 Å². The van der Waals surface area contributed by atoms with Gasteiger partial charge in [0.15, 0.2) is 0 Å². The number of nitrogens with zero attached hydrogens (tertiary/aromatic N) is 3. The standard InChI is InChI=1S/C24H24N4OS/c1-16-8-7-9-17(2)22(16)27-21(29)12-13-28(3)23-19-14-20(18-10-5-4-6-11-18)30-24(19)26-15-25-23/h4-11,14-15H,12-13H2,1-3H3,(H,27,29). The minimum absolute atomic E-state index is 0.000145. The highest BCUT2D eigenvalue weighted by molar-refractivity contribution is 7.21. The van der Waals surface area contributed by atoms with Gasteiger partial charge in [0.1, 0.15) is 17.0 Å². The predicted octanol–water partition coefficient (Wildman–Crippen LogP) is 5.44. The Morgan fingerprint density at radius 1 is 1.03 bits per heavy atom. The summed E-state index contributed by atoms with van der Waals surface area (Å²) in [4.78, 5) is 25.6. The first-order chi connectivity index (χ1) is 14.5. The fourth-order valence-corrected chi connectivity index (χ4v) is 4.48. The maximum atomic E-state index is 12.5. The second kappa shape index (κ2) is 8.63. The van der Waals surface area contributed by atoms with Crippen LogP contribution in [0, 0.1) is 13.8 Å². The Morgan fingerprint density at radius 2 is 1.77 bits per heavy atom. The number of hydrogen-bond donors (Lipinski definition) is 1. The average molecular weight is 417 g/mol. The Kier molecular flexibility index (Phi) is 5.77. The van der Waals surface area contributed by atoms with E-state index in [0.29, 0.717) is 13.0 Å². The van der Waals surface area contributed by atoms with Crippen molar-refractivity contribution in [2.75, 3.05) is 23.8 Å². The molecular weight excluding hydrogens is 392 g/mol. The lowest BCUT2D eigenvalue weighted by Gasteiger charge is -2.19. The first-order valence-corrected chi connectivity index (χ1v) is 10.7. The summed E-state index contributed by atoms with van der Waals surface area (Å²) in [6.45, 7) is 4.58. The molecule has 0 aliphatic rings. The zero-order valence-corrected chi connectivity index (χ0v) is 18.2. The van der Waals surface area contributed by atoms with Crippen LogP contribution < -0.4 is 10.2 Å². The van der Waals surface area contributed by atoms with E-state index >= 15 is 0 Å². The van der Waals surface area contributed by atoms with Crippen molar-refractivity contribution >= 4 is 39.0 Å². The summed E-state index contributed by atoms with van der Waals surface area (Å²) in [7, 11) is 1.97. The average Bonchev–Trinajstić information content (AvgIpc) is 3.20. The molecule has 30 heavy (non-hydrogen) atoms. The molecule has 2 heterocycles. The van der Waals surface area contributed by atoms with E-state index in [1.807, 2.05) is 62.2 Å². The number of amides is 1. The van der Waals surface area contributed by atoms with Gasteiger partial charge in [-0.05, 0) is 36.6 Å². The predicted molar refractivity (Wildman–Crippen MR) is 125 cm³/mol. The van der Waals surface area contributed by atoms with Crippen LogP contribution in [0.5, 0.6) is 0 Å². The molecule has 0 fully saturated rings. The van der Waals surface area contributed by atoms with Gasteiger partial charge in [0.2, 0.25) is 5.91 Å². The van der Waals surface area contributed by atoms with Crippen molar-refractivity contribution in [2.24, 2.45) is 0 Å². The monoisotopic (exact) mass is 416 g/mol. The highest BCUT2D eigenvalue weighted by atomic mass is 32.1. The molecule has 0 aliphatic heterocycles.